The Labute approximate surface area is 275 Å². The number of hydrogen-bond acceptors (Lipinski definition) is 5. The van der Waals surface area contributed by atoms with E-state index in [4.69, 9.17) is 9.84 Å². The second kappa shape index (κ2) is 14.7. The van der Waals surface area contributed by atoms with Crippen LogP contribution in [0.2, 0.25) is 0 Å². The second-order valence-electron chi connectivity index (χ2n) is 11.5. The lowest BCUT2D eigenvalue weighted by atomic mass is 9.93. The van der Waals surface area contributed by atoms with Crippen LogP contribution in [0.4, 0.5) is 45.5 Å². The number of aliphatic carboxylic acids is 1. The Morgan fingerprint density at radius 1 is 0.796 bits per heavy atom. The summed E-state index contributed by atoms with van der Waals surface area (Å²) in [5, 5.41) is 8.79. The Balaban J connectivity index is 1.83. The van der Waals surface area contributed by atoms with Crippen molar-refractivity contribution in [3.63, 3.8) is 0 Å². The van der Waals surface area contributed by atoms with E-state index in [2.05, 4.69) is 9.97 Å². The molecule has 4 aromatic rings. The maximum absolute atomic E-state index is 13.9. The Hall–Kier alpha value is -4.82. The quantitative estimate of drug-likeness (QED) is 0.117. The van der Waals surface area contributed by atoms with E-state index in [-0.39, 0.29) is 48.7 Å². The summed E-state index contributed by atoms with van der Waals surface area (Å²) in [5.74, 6) is -1.13. The Morgan fingerprint density at radius 3 is 1.96 bits per heavy atom. The highest BCUT2D eigenvalue weighted by molar-refractivity contribution is 5.69. The van der Waals surface area contributed by atoms with Crippen molar-refractivity contribution in [2.45, 2.75) is 64.2 Å². The number of aromatic nitrogens is 2. The Morgan fingerprint density at radius 2 is 1.41 bits per heavy atom. The number of carbonyl (C=O) groups is 1. The number of nitrogens with zero attached hydrogens (tertiary/aromatic N) is 3. The van der Waals surface area contributed by atoms with E-state index in [0.717, 1.165) is 35.0 Å². The molecule has 49 heavy (non-hydrogen) atoms. The molecule has 0 fully saturated rings. The molecule has 6 nitrogen and oxygen atoms in total. The van der Waals surface area contributed by atoms with Gasteiger partial charge in [-0.3, -0.25) is 4.79 Å². The van der Waals surface area contributed by atoms with Crippen LogP contribution in [-0.2, 0) is 36.4 Å². The number of rotatable bonds is 12. The smallest absolute Gasteiger partial charge is 0.416 e. The van der Waals surface area contributed by atoms with Gasteiger partial charge in [-0.15, -0.1) is 0 Å². The minimum atomic E-state index is -5.13. The summed E-state index contributed by atoms with van der Waals surface area (Å²) in [6.07, 6.45) is -12.7. The topological polar surface area (TPSA) is 75.6 Å². The molecular formula is C34H30F9N3O3. The van der Waals surface area contributed by atoms with Crippen LogP contribution in [0.5, 0.6) is 5.75 Å². The van der Waals surface area contributed by atoms with Crippen molar-refractivity contribution in [2.24, 2.45) is 0 Å². The summed E-state index contributed by atoms with van der Waals surface area (Å²) in [7, 11) is 0. The molecule has 1 aromatic heterocycles. The van der Waals surface area contributed by atoms with E-state index in [0.29, 0.717) is 23.3 Å². The number of carboxylic acid groups (broad SMARTS) is 1. The number of benzene rings is 3. The largest absolute Gasteiger partial charge is 0.490 e. The zero-order valence-electron chi connectivity index (χ0n) is 26.0. The van der Waals surface area contributed by atoms with Gasteiger partial charge in [0.1, 0.15) is 0 Å². The molecule has 4 rings (SSSR count). The highest BCUT2D eigenvalue weighted by Gasteiger charge is 2.37. The monoisotopic (exact) mass is 699 g/mol. The van der Waals surface area contributed by atoms with Gasteiger partial charge in [0.15, 0.2) is 5.75 Å². The maximum atomic E-state index is 13.9. The molecule has 0 saturated carbocycles. The average molecular weight is 700 g/mol. The lowest BCUT2D eigenvalue weighted by molar-refractivity contribution is -0.143. The molecule has 0 amide bonds. The third kappa shape index (κ3) is 10.1. The van der Waals surface area contributed by atoms with Crippen LogP contribution in [0.25, 0.3) is 11.1 Å². The SMILES string of the molecule is CC(C)c1cccc(-c2ccc(C(F)(F)F)cc2CN(Cc2cc(C(F)(F)F)cc(C(F)(F)F)c2)c2ncc(OCCCC(=O)O)cn2)c1. The standard InChI is InChI=1S/C34H30F9N3O3/c1-20(2)22-5-3-6-23(13-22)29-9-8-25(32(35,36)37)14-24(29)19-46(31-44-16-28(17-45-31)49-10-4-7-30(47)48)18-21-11-26(33(38,39)40)15-27(12-21)34(41,42)43/h3,5-6,8-9,11-17,20H,4,7,10,18-19H2,1-2H3,(H,47,48). The third-order valence-electron chi connectivity index (χ3n) is 7.38. The molecule has 0 unspecified atom stereocenters. The first-order valence-corrected chi connectivity index (χ1v) is 14.8. The van der Waals surface area contributed by atoms with Crippen molar-refractivity contribution in [2.75, 3.05) is 11.5 Å². The zero-order valence-corrected chi connectivity index (χ0v) is 26.0. The average Bonchev–Trinajstić information content (AvgIpc) is 3.01. The van der Waals surface area contributed by atoms with Crippen molar-refractivity contribution in [3.05, 3.63) is 106 Å². The molecule has 15 heteroatoms. The van der Waals surface area contributed by atoms with Crippen molar-refractivity contribution >= 4 is 11.9 Å². The minimum absolute atomic E-state index is 0.0204. The predicted molar refractivity (Wildman–Crippen MR) is 162 cm³/mol. The number of halogens is 9. The number of anilines is 1. The normalized spacial score (nSPS) is 12.3. The first-order valence-electron chi connectivity index (χ1n) is 14.8. The summed E-state index contributed by atoms with van der Waals surface area (Å²) in [6.45, 7) is 2.71. The van der Waals surface area contributed by atoms with Gasteiger partial charge in [0.05, 0.1) is 35.7 Å². The van der Waals surface area contributed by atoms with Gasteiger partial charge in [0, 0.05) is 19.5 Å². The fourth-order valence-corrected chi connectivity index (χ4v) is 4.94. The van der Waals surface area contributed by atoms with Gasteiger partial charge >= 0.3 is 24.5 Å². The molecule has 0 aliphatic carbocycles. The fraction of sp³-hybridized carbons (Fsp3) is 0.324. The number of alkyl halides is 9. The summed E-state index contributed by atoms with van der Waals surface area (Å²) in [4.78, 5) is 20.2. The summed E-state index contributed by atoms with van der Waals surface area (Å²) < 4.78 is 129. The highest BCUT2D eigenvalue weighted by atomic mass is 19.4. The van der Waals surface area contributed by atoms with Gasteiger partial charge in [-0.2, -0.15) is 39.5 Å². The lowest BCUT2D eigenvalue weighted by Gasteiger charge is -2.26. The van der Waals surface area contributed by atoms with E-state index in [9.17, 15) is 44.3 Å². The van der Waals surface area contributed by atoms with E-state index in [1.54, 1.807) is 18.2 Å². The first-order chi connectivity index (χ1) is 22.8. The molecule has 3 aromatic carbocycles. The van der Waals surface area contributed by atoms with E-state index < -0.39 is 59.8 Å². The van der Waals surface area contributed by atoms with Gasteiger partial charge in [0.2, 0.25) is 5.95 Å². The molecule has 1 N–H and O–H groups in total. The minimum Gasteiger partial charge on any atom is -0.490 e. The van der Waals surface area contributed by atoms with Gasteiger partial charge in [-0.05, 0) is 70.5 Å². The predicted octanol–water partition coefficient (Wildman–Crippen LogP) is 9.77. The van der Waals surface area contributed by atoms with Gasteiger partial charge in [-0.1, -0.05) is 44.2 Å². The van der Waals surface area contributed by atoms with Crippen LogP contribution < -0.4 is 9.64 Å². The first kappa shape index (κ1) is 37.0. The van der Waals surface area contributed by atoms with Crippen LogP contribution in [0.1, 0.15) is 66.0 Å². The molecule has 1 heterocycles. The van der Waals surface area contributed by atoms with Crippen LogP contribution in [0.3, 0.4) is 0 Å². The Bertz CT molecular complexity index is 1720. The third-order valence-corrected chi connectivity index (χ3v) is 7.38. The zero-order chi connectivity index (χ0) is 36.1. The van der Waals surface area contributed by atoms with Crippen LogP contribution in [0.15, 0.2) is 73.1 Å². The molecule has 0 saturated heterocycles. The fourth-order valence-electron chi connectivity index (χ4n) is 4.94. The van der Waals surface area contributed by atoms with E-state index in [1.165, 1.54) is 6.07 Å². The van der Waals surface area contributed by atoms with Crippen molar-refractivity contribution in [3.8, 4) is 16.9 Å². The molecule has 0 bridgehead atoms. The Kier molecular flexibility index (Phi) is 11.1. The maximum Gasteiger partial charge on any atom is 0.416 e. The second-order valence-corrected chi connectivity index (χ2v) is 11.5. The number of ether oxygens (including phenoxy) is 1. The molecule has 0 aliphatic rings. The summed E-state index contributed by atoms with van der Waals surface area (Å²) in [6, 6.07) is 11.1. The van der Waals surface area contributed by atoms with Gasteiger partial charge in [0.25, 0.3) is 0 Å². The number of carboxylic acids is 1. The molecular weight excluding hydrogens is 669 g/mol. The van der Waals surface area contributed by atoms with E-state index in [1.807, 2.05) is 19.9 Å². The molecule has 0 spiro atoms. The summed E-state index contributed by atoms with van der Waals surface area (Å²) >= 11 is 0. The van der Waals surface area contributed by atoms with Crippen LogP contribution >= 0.6 is 0 Å². The van der Waals surface area contributed by atoms with Crippen molar-refractivity contribution in [1.82, 2.24) is 9.97 Å². The van der Waals surface area contributed by atoms with Gasteiger partial charge in [-0.25, -0.2) is 9.97 Å². The highest BCUT2D eigenvalue weighted by Crippen LogP contribution is 2.38. The van der Waals surface area contributed by atoms with Crippen molar-refractivity contribution in [1.29, 1.82) is 0 Å². The summed E-state index contributed by atoms with van der Waals surface area (Å²) in [5.41, 5.74) is -2.77. The van der Waals surface area contributed by atoms with E-state index >= 15 is 0 Å². The number of hydrogen-bond donors (Lipinski definition) is 1. The van der Waals surface area contributed by atoms with Crippen molar-refractivity contribution < 1.29 is 54.2 Å². The van der Waals surface area contributed by atoms with Gasteiger partial charge < -0.3 is 14.7 Å². The molecule has 262 valence electrons. The molecule has 0 radical (unpaired) electrons. The van der Waals surface area contributed by atoms with Crippen LogP contribution in [-0.4, -0.2) is 27.7 Å². The lowest BCUT2D eigenvalue weighted by Crippen LogP contribution is -2.25. The molecule has 0 aliphatic heterocycles. The van der Waals surface area contributed by atoms with Crippen LogP contribution in [0, 0.1) is 0 Å². The molecule has 0 atom stereocenters.